The van der Waals surface area contributed by atoms with Gasteiger partial charge in [-0.1, -0.05) is 97.4 Å². The normalized spacial score (nSPS) is 11.4. The fraction of sp³-hybridized carbons (Fsp3) is 0.242. The minimum atomic E-state index is -0.417. The molecule has 1 heterocycles. The van der Waals surface area contributed by atoms with Crippen LogP contribution in [-0.4, -0.2) is 40.9 Å². The second kappa shape index (κ2) is 16.1. The molecule has 0 radical (unpaired) electrons. The fourth-order valence-corrected chi connectivity index (χ4v) is 5.98. The molecule has 0 spiro atoms. The van der Waals surface area contributed by atoms with Crippen molar-refractivity contribution in [3.8, 4) is 34.2 Å². The molecule has 0 aliphatic carbocycles. The highest BCUT2D eigenvalue weighted by Gasteiger charge is 2.20. The van der Waals surface area contributed by atoms with Crippen molar-refractivity contribution >= 4 is 41.1 Å². The highest BCUT2D eigenvalue weighted by Crippen LogP contribution is 2.34. The Hall–Kier alpha value is -3.44. The van der Waals surface area contributed by atoms with Gasteiger partial charge in [-0.25, -0.2) is 4.98 Å². The predicted molar refractivity (Wildman–Crippen MR) is 170 cm³/mol. The smallest absolute Gasteiger partial charge is 0.316 e. The van der Waals surface area contributed by atoms with Gasteiger partial charge in [-0.2, -0.15) is 17.0 Å². The van der Waals surface area contributed by atoms with Crippen molar-refractivity contribution in [1.82, 2.24) is 4.98 Å². The molecule has 1 aromatic heterocycles. The number of carbonyl (C=O) groups excluding carboxylic acids is 1. The summed E-state index contributed by atoms with van der Waals surface area (Å²) < 4.78 is 11.8. The Balaban J connectivity index is 1.50. The Bertz CT molecular complexity index is 1450. The number of nitriles is 1. The third kappa shape index (κ3) is 9.29. The van der Waals surface area contributed by atoms with Crippen LogP contribution in [0.4, 0.5) is 0 Å². The van der Waals surface area contributed by atoms with E-state index in [9.17, 15) is 10.1 Å². The number of pyridine rings is 1. The first-order valence-corrected chi connectivity index (χ1v) is 15.9. The van der Waals surface area contributed by atoms with E-state index in [2.05, 4.69) is 13.0 Å². The van der Waals surface area contributed by atoms with E-state index in [1.807, 2.05) is 66.7 Å². The van der Waals surface area contributed by atoms with Gasteiger partial charge in [0, 0.05) is 21.9 Å². The zero-order valence-corrected chi connectivity index (χ0v) is 25.2. The molecular weight excluding hydrogens is 572 g/mol. The summed E-state index contributed by atoms with van der Waals surface area (Å²) in [6, 6.07) is 30.9. The summed E-state index contributed by atoms with van der Waals surface area (Å²) in [5.74, 6) is 1.92. The molecule has 4 aromatic rings. The van der Waals surface area contributed by atoms with Crippen molar-refractivity contribution in [2.75, 3.05) is 23.9 Å². The van der Waals surface area contributed by atoms with Crippen molar-refractivity contribution in [1.29, 1.82) is 5.26 Å². The standard InChI is InChI=1S/C33H31ClN2O3S2/c1-2-3-18-40-22-28(21-38-27-16-14-26(34)15-17-27)39-32(37)23-41-33-30(20-35)29(24-10-6-4-7-11-24)19-31(36-33)25-12-8-5-9-13-25/h4-17,19,28H,2-3,18,21-23H2,1H3. The maximum Gasteiger partial charge on any atom is 0.316 e. The number of hydrogen-bond acceptors (Lipinski definition) is 7. The van der Waals surface area contributed by atoms with Gasteiger partial charge in [0.2, 0.25) is 0 Å². The van der Waals surface area contributed by atoms with Gasteiger partial charge in [0.25, 0.3) is 0 Å². The highest BCUT2D eigenvalue weighted by molar-refractivity contribution is 8.00. The van der Waals surface area contributed by atoms with Crippen LogP contribution in [0.25, 0.3) is 22.4 Å². The van der Waals surface area contributed by atoms with E-state index in [4.69, 9.17) is 26.1 Å². The molecule has 0 saturated heterocycles. The Morgan fingerprint density at radius 1 is 1.00 bits per heavy atom. The molecule has 41 heavy (non-hydrogen) atoms. The molecule has 0 N–H and O–H groups in total. The van der Waals surface area contributed by atoms with Gasteiger partial charge in [0.1, 0.15) is 29.6 Å². The SMILES string of the molecule is CCCCSCC(COc1ccc(Cl)cc1)OC(=O)CSc1nc(-c2ccccc2)cc(-c2ccccc2)c1C#N. The van der Waals surface area contributed by atoms with Gasteiger partial charge >= 0.3 is 5.97 Å². The molecule has 1 atom stereocenters. The summed E-state index contributed by atoms with van der Waals surface area (Å²) in [5, 5.41) is 11.2. The van der Waals surface area contributed by atoms with Gasteiger partial charge in [-0.3, -0.25) is 4.79 Å². The molecule has 0 bridgehead atoms. The lowest BCUT2D eigenvalue weighted by Crippen LogP contribution is -2.28. The molecule has 210 valence electrons. The van der Waals surface area contributed by atoms with Crippen molar-refractivity contribution < 1.29 is 14.3 Å². The van der Waals surface area contributed by atoms with E-state index in [0.29, 0.717) is 27.1 Å². The quantitative estimate of drug-likeness (QED) is 0.0813. The van der Waals surface area contributed by atoms with Crippen LogP contribution in [0.15, 0.2) is 96.0 Å². The number of aromatic nitrogens is 1. The first-order valence-electron chi connectivity index (χ1n) is 13.4. The fourth-order valence-electron chi connectivity index (χ4n) is 3.98. The van der Waals surface area contributed by atoms with Crippen molar-refractivity contribution in [3.63, 3.8) is 0 Å². The molecule has 8 heteroatoms. The van der Waals surface area contributed by atoms with Crippen LogP contribution in [0.2, 0.25) is 5.02 Å². The molecule has 0 fully saturated rings. The largest absolute Gasteiger partial charge is 0.490 e. The van der Waals surface area contributed by atoms with Crippen LogP contribution in [0, 0.1) is 11.3 Å². The van der Waals surface area contributed by atoms with E-state index in [1.54, 1.807) is 36.0 Å². The number of nitrogens with zero attached hydrogens (tertiary/aromatic N) is 2. The minimum absolute atomic E-state index is 0.0191. The molecule has 0 amide bonds. The number of halogens is 1. The number of thioether (sulfide) groups is 2. The second-order valence-corrected chi connectivity index (χ2v) is 11.7. The number of ether oxygens (including phenoxy) is 2. The van der Waals surface area contributed by atoms with Crippen LogP contribution in [-0.2, 0) is 9.53 Å². The summed E-state index contributed by atoms with van der Waals surface area (Å²) in [6.07, 6.45) is 1.79. The summed E-state index contributed by atoms with van der Waals surface area (Å²) >= 11 is 8.94. The van der Waals surface area contributed by atoms with Gasteiger partial charge in [0.15, 0.2) is 0 Å². The van der Waals surface area contributed by atoms with E-state index >= 15 is 0 Å². The average molecular weight is 603 g/mol. The van der Waals surface area contributed by atoms with Gasteiger partial charge in [0.05, 0.1) is 17.0 Å². The van der Waals surface area contributed by atoms with E-state index in [1.165, 1.54) is 11.8 Å². The lowest BCUT2D eigenvalue weighted by atomic mass is 9.99. The Kier molecular flexibility index (Phi) is 12.0. The number of unbranched alkanes of at least 4 members (excludes halogenated alkanes) is 1. The maximum atomic E-state index is 13.0. The van der Waals surface area contributed by atoms with Crippen LogP contribution in [0.5, 0.6) is 5.75 Å². The summed E-state index contributed by atoms with van der Waals surface area (Å²) in [4.78, 5) is 17.8. The summed E-state index contributed by atoms with van der Waals surface area (Å²) in [7, 11) is 0. The van der Waals surface area contributed by atoms with Crippen molar-refractivity contribution in [2.24, 2.45) is 0 Å². The Labute approximate surface area is 255 Å². The highest BCUT2D eigenvalue weighted by atomic mass is 35.5. The molecule has 5 nitrogen and oxygen atoms in total. The molecule has 0 aliphatic rings. The van der Waals surface area contributed by atoms with E-state index in [0.717, 1.165) is 41.0 Å². The van der Waals surface area contributed by atoms with Gasteiger partial charge in [-0.05, 0) is 48.1 Å². The predicted octanol–water partition coefficient (Wildman–Crippen LogP) is 8.56. The zero-order valence-electron chi connectivity index (χ0n) is 22.8. The number of esters is 1. The van der Waals surface area contributed by atoms with E-state index in [-0.39, 0.29) is 18.3 Å². The van der Waals surface area contributed by atoms with Crippen LogP contribution in [0.3, 0.4) is 0 Å². The average Bonchev–Trinajstić information content (AvgIpc) is 3.02. The topological polar surface area (TPSA) is 72.2 Å². The third-order valence-electron chi connectivity index (χ3n) is 6.07. The molecule has 4 rings (SSSR count). The van der Waals surface area contributed by atoms with Crippen LogP contribution >= 0.6 is 35.1 Å². The number of rotatable bonds is 14. The Morgan fingerprint density at radius 2 is 1.68 bits per heavy atom. The van der Waals surface area contributed by atoms with Crippen molar-refractivity contribution in [3.05, 3.63) is 102 Å². The first-order chi connectivity index (χ1) is 20.1. The molecular formula is C33H31ClN2O3S2. The van der Waals surface area contributed by atoms with E-state index < -0.39 is 6.10 Å². The number of carbonyl (C=O) groups is 1. The summed E-state index contributed by atoms with van der Waals surface area (Å²) in [5.41, 5.74) is 3.80. The monoisotopic (exact) mass is 602 g/mol. The van der Waals surface area contributed by atoms with Gasteiger partial charge in [-0.15, -0.1) is 0 Å². The third-order valence-corrected chi connectivity index (χ3v) is 8.46. The van der Waals surface area contributed by atoms with Crippen LogP contribution in [0.1, 0.15) is 25.3 Å². The minimum Gasteiger partial charge on any atom is -0.490 e. The molecule has 1 unspecified atom stereocenters. The Morgan fingerprint density at radius 3 is 2.34 bits per heavy atom. The van der Waals surface area contributed by atoms with Crippen LogP contribution < -0.4 is 4.74 Å². The number of benzene rings is 3. The lowest BCUT2D eigenvalue weighted by molar-refractivity contribution is -0.145. The number of hydrogen-bond donors (Lipinski definition) is 0. The summed E-state index contributed by atoms with van der Waals surface area (Å²) in [6.45, 7) is 2.39. The second-order valence-electron chi connectivity index (χ2n) is 9.17. The molecule has 3 aromatic carbocycles. The first kappa shape index (κ1) is 30.5. The van der Waals surface area contributed by atoms with Gasteiger partial charge < -0.3 is 9.47 Å². The lowest BCUT2D eigenvalue weighted by Gasteiger charge is -2.19. The maximum absolute atomic E-state index is 13.0. The molecule has 0 saturated carbocycles. The van der Waals surface area contributed by atoms with Crippen molar-refractivity contribution in [2.45, 2.75) is 30.9 Å². The molecule has 0 aliphatic heterocycles. The zero-order chi connectivity index (χ0) is 28.9.